The number of hydrogen-bond acceptors (Lipinski definition) is 2. The molecule has 0 spiro atoms. The van der Waals surface area contributed by atoms with E-state index in [0.717, 1.165) is 36.2 Å². The molecule has 3 rings (SSSR count). The third kappa shape index (κ3) is 1.35. The summed E-state index contributed by atoms with van der Waals surface area (Å²) >= 11 is 6.26. The van der Waals surface area contributed by atoms with Gasteiger partial charge in [0.2, 0.25) is 0 Å². The quantitative estimate of drug-likeness (QED) is 0.869. The molecule has 16 heavy (non-hydrogen) atoms. The topological polar surface area (TPSA) is 43.3 Å². The Balaban J connectivity index is 2.20. The molecule has 4 heteroatoms. The maximum Gasteiger partial charge on any atom is 0.138 e. The predicted molar refractivity (Wildman–Crippen MR) is 64.7 cm³/mol. The molecule has 0 saturated heterocycles. The molecule has 2 aromatic rings. The molecule has 1 fully saturated rings. The molecule has 0 aromatic carbocycles. The standard InChI is InChI=1S/C12H14ClN3/c1-2-9-11(13)16-7-8(12(14)5-6-12)3-4-10(16)15-9/h3-4,7H,2,5-6,14H2,1H3. The van der Waals surface area contributed by atoms with Crippen molar-refractivity contribution in [2.24, 2.45) is 5.73 Å². The van der Waals surface area contributed by atoms with Gasteiger partial charge in [0, 0.05) is 11.7 Å². The first kappa shape index (κ1) is 10.1. The maximum absolute atomic E-state index is 6.26. The van der Waals surface area contributed by atoms with Crippen molar-refractivity contribution in [1.29, 1.82) is 0 Å². The van der Waals surface area contributed by atoms with Crippen molar-refractivity contribution < 1.29 is 0 Å². The van der Waals surface area contributed by atoms with Crippen LogP contribution in [-0.2, 0) is 12.0 Å². The molecular weight excluding hydrogens is 222 g/mol. The van der Waals surface area contributed by atoms with Crippen LogP contribution in [0, 0.1) is 0 Å². The summed E-state index contributed by atoms with van der Waals surface area (Å²) in [5.74, 6) is 0. The van der Waals surface area contributed by atoms with Gasteiger partial charge in [0.25, 0.3) is 0 Å². The fraction of sp³-hybridized carbons (Fsp3) is 0.417. The minimum atomic E-state index is -0.117. The number of imidazole rings is 1. The van der Waals surface area contributed by atoms with E-state index in [2.05, 4.69) is 18.0 Å². The van der Waals surface area contributed by atoms with Crippen LogP contribution in [0.5, 0.6) is 0 Å². The van der Waals surface area contributed by atoms with E-state index >= 15 is 0 Å². The number of aromatic nitrogens is 2. The van der Waals surface area contributed by atoms with Crippen molar-refractivity contribution in [2.75, 3.05) is 0 Å². The molecule has 1 aliphatic rings. The van der Waals surface area contributed by atoms with Crippen LogP contribution in [0.3, 0.4) is 0 Å². The van der Waals surface area contributed by atoms with Gasteiger partial charge in [-0.2, -0.15) is 0 Å². The SMILES string of the molecule is CCc1nc2ccc(C3(N)CC3)cn2c1Cl. The summed E-state index contributed by atoms with van der Waals surface area (Å²) < 4.78 is 1.93. The second-order valence-corrected chi connectivity index (χ2v) is 4.86. The highest BCUT2D eigenvalue weighted by Crippen LogP contribution is 2.42. The third-order valence-electron chi connectivity index (χ3n) is 3.32. The number of hydrogen-bond donors (Lipinski definition) is 1. The predicted octanol–water partition coefficient (Wildman–Crippen LogP) is 2.50. The van der Waals surface area contributed by atoms with Crippen molar-refractivity contribution in [3.8, 4) is 0 Å². The van der Waals surface area contributed by atoms with E-state index in [1.807, 2.05) is 16.7 Å². The Hall–Kier alpha value is -1.06. The average molecular weight is 236 g/mol. The van der Waals surface area contributed by atoms with Crippen LogP contribution in [0.4, 0.5) is 0 Å². The van der Waals surface area contributed by atoms with E-state index in [-0.39, 0.29) is 5.54 Å². The van der Waals surface area contributed by atoms with E-state index < -0.39 is 0 Å². The van der Waals surface area contributed by atoms with Crippen LogP contribution in [0.15, 0.2) is 18.3 Å². The van der Waals surface area contributed by atoms with E-state index in [1.165, 1.54) is 0 Å². The molecular formula is C12H14ClN3. The van der Waals surface area contributed by atoms with Crippen molar-refractivity contribution >= 4 is 17.2 Å². The normalized spacial score (nSPS) is 17.9. The fourth-order valence-electron chi connectivity index (χ4n) is 2.01. The molecule has 84 valence electrons. The molecule has 0 amide bonds. The van der Waals surface area contributed by atoms with Gasteiger partial charge in [-0.3, -0.25) is 4.40 Å². The zero-order valence-corrected chi connectivity index (χ0v) is 9.96. The highest BCUT2D eigenvalue weighted by atomic mass is 35.5. The van der Waals surface area contributed by atoms with Gasteiger partial charge in [0.15, 0.2) is 0 Å². The number of pyridine rings is 1. The van der Waals surface area contributed by atoms with Gasteiger partial charge in [0.05, 0.1) is 5.69 Å². The summed E-state index contributed by atoms with van der Waals surface area (Å²) in [5, 5.41) is 0.712. The molecule has 1 aliphatic carbocycles. The van der Waals surface area contributed by atoms with Crippen LogP contribution in [0.1, 0.15) is 31.0 Å². The van der Waals surface area contributed by atoms with Gasteiger partial charge in [-0.05, 0) is 30.9 Å². The molecule has 2 heterocycles. The minimum Gasteiger partial charge on any atom is -0.321 e. The van der Waals surface area contributed by atoms with Crippen molar-refractivity contribution in [2.45, 2.75) is 31.7 Å². The fourth-order valence-corrected chi connectivity index (χ4v) is 2.32. The van der Waals surface area contributed by atoms with E-state index in [9.17, 15) is 0 Å². The summed E-state index contributed by atoms with van der Waals surface area (Å²) in [6.07, 6.45) is 5.00. The highest BCUT2D eigenvalue weighted by molar-refractivity contribution is 6.30. The summed E-state index contributed by atoms with van der Waals surface area (Å²) in [5.41, 5.74) is 9.05. The Morgan fingerprint density at radius 3 is 2.88 bits per heavy atom. The summed E-state index contributed by atoms with van der Waals surface area (Å²) in [7, 11) is 0. The second kappa shape index (κ2) is 3.22. The molecule has 3 nitrogen and oxygen atoms in total. The number of fused-ring (bicyclic) bond motifs is 1. The zero-order valence-electron chi connectivity index (χ0n) is 9.20. The Bertz CT molecular complexity index is 555. The van der Waals surface area contributed by atoms with Crippen molar-refractivity contribution in [3.05, 3.63) is 34.7 Å². The molecule has 0 radical (unpaired) electrons. The number of nitrogens with two attached hydrogens (primary N) is 1. The van der Waals surface area contributed by atoms with Crippen LogP contribution >= 0.6 is 11.6 Å². The van der Waals surface area contributed by atoms with Gasteiger partial charge >= 0.3 is 0 Å². The molecule has 0 atom stereocenters. The Kier molecular flexibility index (Phi) is 2.03. The molecule has 0 unspecified atom stereocenters. The van der Waals surface area contributed by atoms with Crippen molar-refractivity contribution in [3.63, 3.8) is 0 Å². The average Bonchev–Trinajstić information content (AvgIpc) is 2.96. The van der Waals surface area contributed by atoms with Gasteiger partial charge in [-0.15, -0.1) is 0 Å². The van der Waals surface area contributed by atoms with Crippen LogP contribution < -0.4 is 5.73 Å². The monoisotopic (exact) mass is 235 g/mol. The Labute approximate surface area is 99.2 Å². The third-order valence-corrected chi connectivity index (χ3v) is 3.72. The molecule has 2 N–H and O–H groups in total. The summed E-state index contributed by atoms with van der Waals surface area (Å²) in [6.45, 7) is 2.06. The number of halogens is 1. The Morgan fingerprint density at radius 1 is 1.50 bits per heavy atom. The molecule has 1 saturated carbocycles. The summed E-state index contributed by atoms with van der Waals surface area (Å²) in [4.78, 5) is 4.46. The number of aryl methyl sites for hydroxylation is 1. The van der Waals surface area contributed by atoms with Gasteiger partial charge in [-0.1, -0.05) is 24.6 Å². The van der Waals surface area contributed by atoms with Gasteiger partial charge in [-0.25, -0.2) is 4.98 Å². The number of nitrogens with zero attached hydrogens (tertiary/aromatic N) is 2. The lowest BCUT2D eigenvalue weighted by Gasteiger charge is -2.09. The highest BCUT2D eigenvalue weighted by Gasteiger charge is 2.40. The zero-order chi connectivity index (χ0) is 11.3. The van der Waals surface area contributed by atoms with E-state index in [4.69, 9.17) is 17.3 Å². The summed E-state index contributed by atoms with van der Waals surface area (Å²) in [6, 6.07) is 4.05. The lowest BCUT2D eigenvalue weighted by atomic mass is 10.1. The van der Waals surface area contributed by atoms with Gasteiger partial charge in [0.1, 0.15) is 10.8 Å². The van der Waals surface area contributed by atoms with E-state index in [0.29, 0.717) is 5.15 Å². The smallest absolute Gasteiger partial charge is 0.138 e. The first-order chi connectivity index (χ1) is 7.64. The molecule has 0 bridgehead atoms. The molecule has 2 aromatic heterocycles. The van der Waals surface area contributed by atoms with Crippen LogP contribution in [-0.4, -0.2) is 9.38 Å². The first-order valence-corrected chi connectivity index (χ1v) is 5.98. The second-order valence-electron chi connectivity index (χ2n) is 4.50. The maximum atomic E-state index is 6.26. The largest absolute Gasteiger partial charge is 0.321 e. The van der Waals surface area contributed by atoms with Crippen LogP contribution in [0.25, 0.3) is 5.65 Å². The van der Waals surface area contributed by atoms with Crippen molar-refractivity contribution in [1.82, 2.24) is 9.38 Å². The lowest BCUT2D eigenvalue weighted by molar-refractivity contribution is 0.733. The van der Waals surface area contributed by atoms with Gasteiger partial charge < -0.3 is 5.73 Å². The number of rotatable bonds is 2. The molecule has 0 aliphatic heterocycles. The van der Waals surface area contributed by atoms with E-state index in [1.54, 1.807) is 0 Å². The Morgan fingerprint density at radius 2 is 2.25 bits per heavy atom. The minimum absolute atomic E-state index is 0.117. The first-order valence-electron chi connectivity index (χ1n) is 5.60. The van der Waals surface area contributed by atoms with Crippen LogP contribution in [0.2, 0.25) is 5.15 Å². The lowest BCUT2D eigenvalue weighted by Crippen LogP contribution is -2.19.